The predicted octanol–water partition coefficient (Wildman–Crippen LogP) is 4.57. The van der Waals surface area contributed by atoms with Crippen LogP contribution in [-0.2, 0) is 27.9 Å². The van der Waals surface area contributed by atoms with Gasteiger partial charge in [-0.1, -0.05) is 75.6 Å². The minimum Gasteiger partial charge on any atom is -0.351 e. The van der Waals surface area contributed by atoms with Gasteiger partial charge in [-0.15, -0.1) is 0 Å². The summed E-state index contributed by atoms with van der Waals surface area (Å²) < 4.78 is 28.6. The molecule has 1 N–H and O–H groups in total. The summed E-state index contributed by atoms with van der Waals surface area (Å²) in [6.45, 7) is 4.14. The molecule has 0 heterocycles. The Morgan fingerprint density at radius 1 is 0.903 bits per heavy atom. The highest BCUT2D eigenvalue weighted by Gasteiger charge is 2.27. The first kappa shape index (κ1) is 23.2. The third-order valence-electron chi connectivity index (χ3n) is 4.82. The van der Waals surface area contributed by atoms with E-state index in [1.165, 1.54) is 16.4 Å². The summed E-state index contributed by atoms with van der Waals surface area (Å²) in [5.74, 6) is -0.352. The molecule has 0 saturated carbocycles. The third-order valence-corrected chi connectivity index (χ3v) is 7.16. The van der Waals surface area contributed by atoms with Gasteiger partial charge in [-0.25, -0.2) is 8.42 Å². The van der Waals surface area contributed by atoms with Crippen molar-refractivity contribution in [3.63, 3.8) is 0 Å². The maximum Gasteiger partial charge on any atom is 0.243 e. The minimum absolute atomic E-state index is 0.108. The highest BCUT2D eigenvalue weighted by molar-refractivity contribution is 9.10. The molecule has 3 rings (SSSR count). The number of amides is 1. The fourth-order valence-electron chi connectivity index (χ4n) is 3.12. The number of hydrogen-bond acceptors (Lipinski definition) is 3. The predicted molar refractivity (Wildman–Crippen MR) is 126 cm³/mol. The van der Waals surface area contributed by atoms with Gasteiger partial charge in [-0.2, -0.15) is 4.31 Å². The van der Waals surface area contributed by atoms with E-state index in [0.717, 1.165) is 26.7 Å². The van der Waals surface area contributed by atoms with Gasteiger partial charge in [0.25, 0.3) is 0 Å². The number of aryl methyl sites for hydroxylation is 2. The summed E-state index contributed by atoms with van der Waals surface area (Å²) in [6, 6.07) is 21.9. The largest absolute Gasteiger partial charge is 0.351 e. The summed E-state index contributed by atoms with van der Waals surface area (Å²) in [5, 5.41) is 2.83. The molecule has 0 saturated heterocycles. The lowest BCUT2D eigenvalue weighted by molar-refractivity contribution is -0.121. The van der Waals surface area contributed by atoms with Gasteiger partial charge in [0.1, 0.15) is 0 Å². The zero-order valence-electron chi connectivity index (χ0n) is 17.5. The van der Waals surface area contributed by atoms with Gasteiger partial charge >= 0.3 is 0 Å². The van der Waals surface area contributed by atoms with Crippen molar-refractivity contribution in [1.82, 2.24) is 9.62 Å². The first-order valence-electron chi connectivity index (χ1n) is 9.87. The number of rotatable bonds is 8. The van der Waals surface area contributed by atoms with Crippen LogP contribution >= 0.6 is 15.9 Å². The van der Waals surface area contributed by atoms with Crippen molar-refractivity contribution in [2.75, 3.05) is 6.54 Å². The number of hydrogen-bond donors (Lipinski definition) is 1. The second-order valence-electron chi connectivity index (χ2n) is 7.48. The minimum atomic E-state index is -3.86. The molecule has 0 bridgehead atoms. The number of halogens is 1. The Hall–Kier alpha value is -2.48. The summed E-state index contributed by atoms with van der Waals surface area (Å²) in [6.07, 6.45) is 0. The quantitative estimate of drug-likeness (QED) is 0.492. The highest BCUT2D eigenvalue weighted by Crippen LogP contribution is 2.21. The van der Waals surface area contributed by atoms with E-state index >= 15 is 0 Å². The van der Waals surface area contributed by atoms with Gasteiger partial charge < -0.3 is 5.32 Å². The van der Waals surface area contributed by atoms with Crippen LogP contribution in [0.25, 0.3) is 0 Å². The average molecular weight is 501 g/mol. The summed E-state index contributed by atoms with van der Waals surface area (Å²) >= 11 is 3.33. The Bertz CT molecular complexity index is 1140. The fourth-order valence-corrected chi connectivity index (χ4v) is 4.77. The lowest BCUT2D eigenvalue weighted by Gasteiger charge is -2.22. The zero-order chi connectivity index (χ0) is 22.4. The molecular weight excluding hydrogens is 476 g/mol. The van der Waals surface area contributed by atoms with E-state index in [1.807, 2.05) is 62.4 Å². The van der Waals surface area contributed by atoms with E-state index in [-0.39, 0.29) is 23.9 Å². The maximum absolute atomic E-state index is 13.3. The van der Waals surface area contributed by atoms with Crippen molar-refractivity contribution in [3.8, 4) is 0 Å². The first-order valence-corrected chi connectivity index (χ1v) is 12.1. The molecule has 3 aromatic carbocycles. The fraction of sp³-hybridized carbons (Fsp3) is 0.208. The van der Waals surface area contributed by atoms with Crippen LogP contribution in [0.3, 0.4) is 0 Å². The second kappa shape index (κ2) is 10.2. The molecular formula is C24H25BrN2O3S. The number of benzene rings is 3. The van der Waals surface area contributed by atoms with Gasteiger partial charge in [0.15, 0.2) is 0 Å². The van der Waals surface area contributed by atoms with Gasteiger partial charge in [-0.3, -0.25) is 4.79 Å². The molecule has 0 aliphatic heterocycles. The molecule has 0 aliphatic carbocycles. The van der Waals surface area contributed by atoms with Crippen molar-refractivity contribution >= 4 is 31.9 Å². The SMILES string of the molecule is Cc1ccc(CN(CC(=O)NCc2cccc(C)c2)S(=O)(=O)c2ccc(Br)cc2)cc1. The van der Waals surface area contributed by atoms with Crippen molar-refractivity contribution < 1.29 is 13.2 Å². The normalized spacial score (nSPS) is 11.5. The molecule has 1 amide bonds. The van der Waals surface area contributed by atoms with Gasteiger partial charge in [0, 0.05) is 17.6 Å². The van der Waals surface area contributed by atoms with E-state index in [9.17, 15) is 13.2 Å². The van der Waals surface area contributed by atoms with Crippen LogP contribution in [-0.4, -0.2) is 25.2 Å². The van der Waals surface area contributed by atoms with E-state index in [4.69, 9.17) is 0 Å². The Balaban J connectivity index is 1.79. The van der Waals surface area contributed by atoms with Gasteiger partial charge in [-0.05, 0) is 49.2 Å². The Morgan fingerprint density at radius 2 is 1.58 bits per heavy atom. The molecule has 0 spiro atoms. The molecule has 0 unspecified atom stereocenters. The second-order valence-corrected chi connectivity index (χ2v) is 10.3. The van der Waals surface area contributed by atoms with Gasteiger partial charge in [0.2, 0.25) is 15.9 Å². The molecule has 0 aromatic heterocycles. The van der Waals surface area contributed by atoms with Crippen molar-refractivity contribution in [1.29, 1.82) is 0 Å². The number of sulfonamides is 1. The molecule has 7 heteroatoms. The standard InChI is InChI=1S/C24H25BrN2O3S/c1-18-6-8-20(9-7-18)16-27(31(29,30)23-12-10-22(25)11-13-23)17-24(28)26-15-21-5-3-4-19(2)14-21/h3-14H,15-17H2,1-2H3,(H,26,28). The number of carbonyl (C=O) groups is 1. The van der Waals surface area contributed by atoms with E-state index in [0.29, 0.717) is 6.54 Å². The molecule has 31 heavy (non-hydrogen) atoms. The molecule has 5 nitrogen and oxygen atoms in total. The average Bonchev–Trinajstić information content (AvgIpc) is 2.74. The number of nitrogens with zero attached hydrogens (tertiary/aromatic N) is 1. The Morgan fingerprint density at radius 3 is 2.23 bits per heavy atom. The number of nitrogens with one attached hydrogen (secondary N) is 1. The molecule has 162 valence electrons. The topological polar surface area (TPSA) is 66.5 Å². The van der Waals surface area contributed by atoms with Crippen molar-refractivity contribution in [3.05, 3.63) is 99.5 Å². The van der Waals surface area contributed by atoms with Crippen LogP contribution < -0.4 is 5.32 Å². The van der Waals surface area contributed by atoms with Crippen LogP contribution in [0.1, 0.15) is 22.3 Å². The zero-order valence-corrected chi connectivity index (χ0v) is 19.9. The Labute approximate surface area is 192 Å². The van der Waals surface area contributed by atoms with Crippen LogP contribution in [0, 0.1) is 13.8 Å². The summed E-state index contributed by atoms with van der Waals surface area (Å²) in [4.78, 5) is 12.8. The number of carbonyl (C=O) groups excluding carboxylic acids is 1. The third kappa shape index (κ3) is 6.50. The first-order chi connectivity index (χ1) is 14.7. The summed E-state index contributed by atoms with van der Waals surface area (Å²) in [5.41, 5.74) is 3.97. The lowest BCUT2D eigenvalue weighted by atomic mass is 10.1. The van der Waals surface area contributed by atoms with E-state index in [1.54, 1.807) is 12.1 Å². The maximum atomic E-state index is 13.3. The van der Waals surface area contributed by atoms with Crippen LogP contribution in [0.5, 0.6) is 0 Å². The monoisotopic (exact) mass is 500 g/mol. The highest BCUT2D eigenvalue weighted by atomic mass is 79.9. The van der Waals surface area contributed by atoms with Gasteiger partial charge in [0.05, 0.1) is 11.4 Å². The van der Waals surface area contributed by atoms with Crippen molar-refractivity contribution in [2.24, 2.45) is 0 Å². The van der Waals surface area contributed by atoms with Crippen LogP contribution in [0.15, 0.2) is 82.2 Å². The molecule has 0 atom stereocenters. The lowest BCUT2D eigenvalue weighted by Crippen LogP contribution is -2.40. The van der Waals surface area contributed by atoms with Crippen molar-refractivity contribution in [2.45, 2.75) is 31.8 Å². The molecule has 0 radical (unpaired) electrons. The molecule has 0 aliphatic rings. The van der Waals surface area contributed by atoms with E-state index in [2.05, 4.69) is 21.2 Å². The smallest absolute Gasteiger partial charge is 0.243 e. The summed E-state index contributed by atoms with van der Waals surface area (Å²) in [7, 11) is -3.86. The Kier molecular flexibility index (Phi) is 7.64. The van der Waals surface area contributed by atoms with Crippen LogP contribution in [0.4, 0.5) is 0 Å². The molecule has 0 fully saturated rings. The molecule has 3 aromatic rings. The van der Waals surface area contributed by atoms with E-state index < -0.39 is 10.0 Å². The van der Waals surface area contributed by atoms with Crippen LogP contribution in [0.2, 0.25) is 0 Å².